The van der Waals surface area contributed by atoms with Crippen LogP contribution < -0.4 is 0 Å². The van der Waals surface area contributed by atoms with E-state index in [9.17, 15) is 65.8 Å². The summed E-state index contributed by atoms with van der Waals surface area (Å²) in [6.07, 6.45) is 13.2. The first-order valence-corrected chi connectivity index (χ1v) is 45.7. The van der Waals surface area contributed by atoms with Crippen molar-refractivity contribution in [3.63, 3.8) is 0 Å². The average molecular weight is 1710 g/mol. The van der Waals surface area contributed by atoms with Crippen LogP contribution in [0.5, 0.6) is 0 Å². The number of esters is 1. The summed E-state index contributed by atoms with van der Waals surface area (Å²) in [5, 5.41) is 134. The van der Waals surface area contributed by atoms with E-state index in [1.54, 1.807) is 54.9 Å². The molecule has 14 rings (SSSR count). The third-order valence-corrected chi connectivity index (χ3v) is 37.7. The van der Waals surface area contributed by atoms with Crippen LogP contribution in [-0.2, 0) is 38.0 Å². The van der Waals surface area contributed by atoms with E-state index in [4.69, 9.17) is 43.7 Å². The van der Waals surface area contributed by atoms with Gasteiger partial charge in [0.15, 0.2) is 0 Å². The molecular formula is C94H168N4O22. The average Bonchev–Trinajstić information content (AvgIpc) is 0.958. The molecule has 4 aliphatic heterocycles. The van der Waals surface area contributed by atoms with E-state index in [1.165, 1.54) is 104 Å². The van der Waals surface area contributed by atoms with Crippen LogP contribution in [0.25, 0.3) is 0 Å². The summed E-state index contributed by atoms with van der Waals surface area (Å²) in [7, 11) is 16.5. The zero-order valence-corrected chi connectivity index (χ0v) is 77.7. The predicted octanol–water partition coefficient (Wildman–Crippen LogP) is 7.04. The molecule has 0 aromatic heterocycles. The molecule has 10 aliphatic carbocycles. The minimum atomic E-state index is -1.07. The molecule has 0 aromatic carbocycles. The molecule has 26 nitrogen and oxygen atoms in total. The SMILES string of the molecule is C=C(C)[C@@H]1CC[C@]2(C(=O)O)CC[C@]3(C)[C@H](CC[C@@H]4[C@@]5(C)CC[C@H](OC)C(C)(C)[C@@H]5CC[C@]43C)[C@@H]12.C=C(C)[C@@H]1CC[C@]2(C(=O)OC)CC[C@]3(C)[C@H](CC[C@@H]4[C@@]5(C)CC[C@H](O)C(C)(C)[C@@H]5CC[C@]43C)[C@@H]12.COC[C@@H]1[C@@H](O)[C@H](O)[C@@H](O)CN1C.CO[C@H]1CN(C)[C@H](CO)[C@@H](O)[C@@H]1O.CO[C@H]1[C@H](O)[C@@H](CO)N(C)C[C@@H]1O.CO[C@H]1[C@H](O)[C@@H](O)CN(C)[C@@H]1CO. The van der Waals surface area contributed by atoms with Crippen molar-refractivity contribution in [2.45, 2.75) is 321 Å². The van der Waals surface area contributed by atoms with Crippen LogP contribution in [0.15, 0.2) is 24.3 Å². The standard InChI is InChI=1S/2C31H50O3.4C8H17NO4/c1-19(2)20-11-16-31(26(32)33)18-17-29(6)21(25(20)31)9-10-23-28(5)14-13-24(34-8)27(3,4)22(28)12-15-30(23,29)7;1-19(2)20-11-16-31(26(33)34-8)18-17-29(6)21(25(20)31)9-10-23-28(5)14-13-24(32)27(3,4)22(28)12-15-30(23,29)7;1-9-3-6(11)7(12)8(13-2)5(9)4-10;1-9-3-6(10)8(12)7(11)5(9)4-13-2;1-9-3-6(13-2)8(12)7(11)5(9)4-10;1-9-3-6(11)8(13-2)7(12)5(9)4-10/h20-25H,1,9-18H2,2-8H3,(H,32,33);20-25,32H,1,9-18H2,2-8H3;4*5-8,10-12H,3-4H2,1-2H3/t2*20-,21+,22-,23+,24-,25+,28-,29+,30+,31-;4*5-,6+,7-,8-/m001111/s1. The molecule has 0 spiro atoms. The zero-order chi connectivity index (χ0) is 89.8. The molecule has 0 radical (unpaired) electrons. The predicted molar refractivity (Wildman–Crippen MR) is 460 cm³/mol. The van der Waals surface area contributed by atoms with Gasteiger partial charge in [0, 0.05) is 61.7 Å². The number of aliphatic hydroxyl groups is 13. The fourth-order valence-electron chi connectivity index (χ4n) is 30.5. The Morgan fingerprint density at radius 1 is 0.392 bits per heavy atom. The molecule has 0 bridgehead atoms. The molecule has 14 N–H and O–H groups in total. The number of carboxylic acid groups (broad SMARTS) is 1. The Morgan fingerprint density at radius 2 is 0.817 bits per heavy atom. The van der Waals surface area contributed by atoms with Gasteiger partial charge in [0.25, 0.3) is 0 Å². The van der Waals surface area contributed by atoms with E-state index < -0.39 is 84.6 Å². The number of aliphatic carboxylic acids is 1. The van der Waals surface area contributed by atoms with E-state index >= 15 is 0 Å². The Labute approximate surface area is 719 Å². The molecule has 14 aliphatic rings. The fourth-order valence-corrected chi connectivity index (χ4v) is 30.5. The maximum absolute atomic E-state index is 13.3. The van der Waals surface area contributed by atoms with Crippen molar-refractivity contribution in [3.05, 3.63) is 24.3 Å². The third-order valence-electron chi connectivity index (χ3n) is 37.7. The van der Waals surface area contributed by atoms with Crippen molar-refractivity contribution >= 4 is 11.9 Å². The van der Waals surface area contributed by atoms with Gasteiger partial charge in [-0.15, -0.1) is 0 Å². The highest BCUT2D eigenvalue weighted by Gasteiger charge is 2.75. The Balaban J connectivity index is 0.000000175. The van der Waals surface area contributed by atoms with Gasteiger partial charge < -0.3 is 99.9 Å². The van der Waals surface area contributed by atoms with Crippen LogP contribution >= 0.6 is 0 Å². The lowest BCUT2D eigenvalue weighted by molar-refractivity contribution is -0.249. The number of likely N-dealkylation sites (N-methyl/N-ethyl adjacent to an activating group) is 4. The summed E-state index contributed by atoms with van der Waals surface area (Å²) in [6, 6.07) is -1.25. The zero-order valence-electron chi connectivity index (χ0n) is 77.7. The quantitative estimate of drug-likeness (QED) is 0.0649. The number of hydrogen-bond donors (Lipinski definition) is 14. The molecule has 14 fully saturated rings. The smallest absolute Gasteiger partial charge is 0.312 e. The van der Waals surface area contributed by atoms with Gasteiger partial charge in [-0.3, -0.25) is 29.2 Å². The summed E-state index contributed by atoms with van der Waals surface area (Å²) in [5.74, 6) is 4.78. The molecule has 0 unspecified atom stereocenters. The number of β-amino-alcohol motifs (C(OH)–C–C–N with tert-alkyl or cyclic N) is 3. The molecule has 4 heterocycles. The highest BCUT2D eigenvalue weighted by atomic mass is 16.5. The van der Waals surface area contributed by atoms with E-state index in [1.807, 2.05) is 7.11 Å². The number of piperidine rings is 4. The van der Waals surface area contributed by atoms with Crippen LogP contribution in [0.2, 0.25) is 0 Å². The lowest BCUT2D eigenvalue weighted by Gasteiger charge is -2.72. The molecule has 696 valence electrons. The molecule has 26 heteroatoms. The number of likely N-dealkylation sites (tertiary alicyclic amines) is 4. The van der Waals surface area contributed by atoms with Gasteiger partial charge >= 0.3 is 11.9 Å². The summed E-state index contributed by atoms with van der Waals surface area (Å²) >= 11 is 0. The van der Waals surface area contributed by atoms with Crippen LogP contribution in [0.4, 0.5) is 0 Å². The molecule has 120 heavy (non-hydrogen) atoms. The lowest BCUT2D eigenvalue weighted by Crippen LogP contribution is -2.67. The number of hydrogen-bond acceptors (Lipinski definition) is 25. The first-order chi connectivity index (χ1) is 56.0. The van der Waals surface area contributed by atoms with Crippen molar-refractivity contribution in [2.24, 2.45) is 113 Å². The van der Waals surface area contributed by atoms with E-state index in [2.05, 4.69) is 96.2 Å². The number of carboxylic acids is 1. The van der Waals surface area contributed by atoms with E-state index in [0.29, 0.717) is 97.1 Å². The van der Waals surface area contributed by atoms with Crippen LogP contribution in [0.3, 0.4) is 0 Å². The van der Waals surface area contributed by atoms with Crippen molar-refractivity contribution < 1.29 is 110 Å². The molecule has 36 atom stereocenters. The number of fused-ring (bicyclic) bond motifs is 14. The number of ether oxygens (including phenoxy) is 6. The van der Waals surface area contributed by atoms with Gasteiger partial charge in [0.1, 0.15) is 48.8 Å². The van der Waals surface area contributed by atoms with Gasteiger partial charge in [-0.05, 0) is 273 Å². The van der Waals surface area contributed by atoms with E-state index in [-0.39, 0.29) is 99.9 Å². The minimum absolute atomic E-state index is 0.00478. The number of carbonyl (C=O) groups excluding carboxylic acids is 1. The Hall–Kier alpha value is -2.46. The second kappa shape index (κ2) is 39.1. The number of allylic oxidation sites excluding steroid dienone is 2. The Morgan fingerprint density at radius 3 is 1.27 bits per heavy atom. The number of carbonyl (C=O) groups is 2. The summed E-state index contributed by atoms with van der Waals surface area (Å²) < 4.78 is 31.4. The number of rotatable bonds is 13. The number of aliphatic hydroxyl groups excluding tert-OH is 13. The van der Waals surface area contributed by atoms with Gasteiger partial charge in [-0.25, -0.2) is 0 Å². The van der Waals surface area contributed by atoms with Crippen LogP contribution in [0.1, 0.15) is 212 Å². The Bertz CT molecular complexity index is 3370. The topological polar surface area (TPSA) is 386 Å². The highest BCUT2D eigenvalue weighted by molar-refractivity contribution is 5.78. The lowest BCUT2D eigenvalue weighted by atomic mass is 9.32. The minimum Gasteiger partial charge on any atom is -0.481 e. The number of methoxy groups -OCH3 is 6. The first-order valence-electron chi connectivity index (χ1n) is 45.7. The van der Waals surface area contributed by atoms with Gasteiger partial charge in [0.2, 0.25) is 0 Å². The molecule has 0 aromatic rings. The molecule has 0 amide bonds. The van der Waals surface area contributed by atoms with Gasteiger partial charge in [-0.1, -0.05) is 93.5 Å². The van der Waals surface area contributed by atoms with Gasteiger partial charge in [0.05, 0.1) is 105 Å². The second-order valence-electron chi connectivity index (χ2n) is 43.3. The third kappa shape index (κ3) is 17.5. The molecule has 10 saturated carbocycles. The normalized spacial score (nSPS) is 48.7. The summed E-state index contributed by atoms with van der Waals surface area (Å²) in [5.41, 5.74) is 3.55. The summed E-state index contributed by atoms with van der Waals surface area (Å²) in [6.45, 7) is 40.0. The van der Waals surface area contributed by atoms with Gasteiger partial charge in [-0.2, -0.15) is 0 Å². The molecular weight excluding hydrogens is 1540 g/mol. The van der Waals surface area contributed by atoms with Crippen molar-refractivity contribution in [1.29, 1.82) is 0 Å². The number of nitrogens with zero attached hydrogens (tertiary/aromatic N) is 4. The largest absolute Gasteiger partial charge is 0.481 e. The maximum Gasteiger partial charge on any atom is 0.312 e. The first kappa shape index (κ1) is 101. The maximum atomic E-state index is 13.3. The Kier molecular flexibility index (Phi) is 33.0. The van der Waals surface area contributed by atoms with Crippen molar-refractivity contribution in [2.75, 3.05) is 123 Å². The van der Waals surface area contributed by atoms with Crippen LogP contribution in [0, 0.1) is 113 Å². The fraction of sp³-hybridized carbons (Fsp3) is 0.936. The monoisotopic (exact) mass is 1710 g/mol. The van der Waals surface area contributed by atoms with Crippen LogP contribution in [-0.4, -0.2) is 336 Å². The summed E-state index contributed by atoms with van der Waals surface area (Å²) in [4.78, 5) is 33.2. The van der Waals surface area contributed by atoms with E-state index in [0.717, 1.165) is 70.1 Å². The van der Waals surface area contributed by atoms with Crippen molar-refractivity contribution in [3.8, 4) is 0 Å². The second-order valence-corrected chi connectivity index (χ2v) is 43.3. The highest BCUT2D eigenvalue weighted by Crippen LogP contribution is 2.80. The van der Waals surface area contributed by atoms with Crippen molar-refractivity contribution in [1.82, 2.24) is 19.6 Å². The molecule has 4 saturated heterocycles.